The van der Waals surface area contributed by atoms with Gasteiger partial charge >= 0.3 is 0 Å². The fourth-order valence-electron chi connectivity index (χ4n) is 2.35. The molecule has 0 heterocycles. The molecule has 0 aliphatic carbocycles. The molecular formula is C18H32N2O. The van der Waals surface area contributed by atoms with Crippen molar-refractivity contribution in [1.82, 2.24) is 10.2 Å². The van der Waals surface area contributed by atoms with Crippen molar-refractivity contribution < 1.29 is 4.74 Å². The van der Waals surface area contributed by atoms with Gasteiger partial charge in [-0.25, -0.2) is 0 Å². The molecule has 0 saturated carbocycles. The van der Waals surface area contributed by atoms with Crippen molar-refractivity contribution >= 4 is 0 Å². The zero-order chi connectivity index (χ0) is 16.0. The van der Waals surface area contributed by atoms with Gasteiger partial charge in [-0.1, -0.05) is 19.9 Å². The van der Waals surface area contributed by atoms with Crippen LogP contribution < -0.4 is 10.1 Å². The molecule has 0 aromatic heterocycles. The molecule has 0 amide bonds. The van der Waals surface area contributed by atoms with E-state index in [0.717, 1.165) is 25.3 Å². The third-order valence-corrected chi connectivity index (χ3v) is 4.62. The summed E-state index contributed by atoms with van der Waals surface area (Å²) in [5.74, 6) is 0.973. The van der Waals surface area contributed by atoms with Crippen LogP contribution in [0.1, 0.15) is 58.2 Å². The van der Waals surface area contributed by atoms with E-state index in [0.29, 0.717) is 6.04 Å². The Kier molecular flexibility index (Phi) is 6.69. The molecule has 0 spiro atoms. The Morgan fingerprint density at radius 2 is 1.95 bits per heavy atom. The molecule has 1 atom stereocenters. The predicted octanol–water partition coefficient (Wildman–Crippen LogP) is 3.99. The van der Waals surface area contributed by atoms with Crippen LogP contribution in [-0.4, -0.2) is 31.1 Å². The molecule has 0 bridgehead atoms. The summed E-state index contributed by atoms with van der Waals surface area (Å²) < 4.78 is 5.54. The normalized spacial score (nSPS) is 13.5. The summed E-state index contributed by atoms with van der Waals surface area (Å²) in [6.07, 6.45) is 1.12. The van der Waals surface area contributed by atoms with Crippen LogP contribution in [0.2, 0.25) is 0 Å². The van der Waals surface area contributed by atoms with Crippen molar-refractivity contribution in [2.45, 2.75) is 59.2 Å². The van der Waals surface area contributed by atoms with E-state index < -0.39 is 0 Å². The second-order valence-electron chi connectivity index (χ2n) is 6.37. The van der Waals surface area contributed by atoms with Gasteiger partial charge in [-0.3, -0.25) is 4.90 Å². The summed E-state index contributed by atoms with van der Waals surface area (Å²) in [4.78, 5) is 2.40. The van der Waals surface area contributed by atoms with Gasteiger partial charge in [0.25, 0.3) is 0 Å². The molecule has 0 radical (unpaired) electrons. The fourth-order valence-corrected chi connectivity index (χ4v) is 2.35. The average Bonchev–Trinajstić information content (AvgIpc) is 2.47. The molecule has 1 aromatic rings. The maximum atomic E-state index is 5.54. The molecule has 0 aliphatic rings. The fraction of sp³-hybridized carbons (Fsp3) is 0.667. The number of hydrogen-bond acceptors (Lipinski definition) is 3. The smallest absolute Gasteiger partial charge is 0.123 e. The molecule has 1 rings (SSSR count). The first-order valence-electron chi connectivity index (χ1n) is 7.97. The largest absolute Gasteiger partial charge is 0.496 e. The zero-order valence-electron chi connectivity index (χ0n) is 14.8. The molecule has 21 heavy (non-hydrogen) atoms. The maximum Gasteiger partial charge on any atom is 0.123 e. The van der Waals surface area contributed by atoms with E-state index in [2.05, 4.69) is 70.1 Å². The maximum absolute atomic E-state index is 5.54. The third kappa shape index (κ3) is 4.72. The molecule has 3 nitrogen and oxygen atoms in total. The number of nitrogens with zero attached hydrogens (tertiary/aromatic N) is 1. The molecule has 1 aromatic carbocycles. The lowest BCUT2D eigenvalue weighted by molar-refractivity contribution is 0.141. The topological polar surface area (TPSA) is 24.5 Å². The van der Waals surface area contributed by atoms with Crippen LogP contribution in [0, 0.1) is 0 Å². The number of methoxy groups -OCH3 is 1. The van der Waals surface area contributed by atoms with E-state index in [1.54, 1.807) is 7.11 Å². The van der Waals surface area contributed by atoms with E-state index >= 15 is 0 Å². The Morgan fingerprint density at radius 3 is 2.48 bits per heavy atom. The van der Waals surface area contributed by atoms with Gasteiger partial charge in [0.1, 0.15) is 5.75 Å². The van der Waals surface area contributed by atoms with Crippen LogP contribution in [0.3, 0.4) is 0 Å². The SMILES string of the molecule is CCNC(C)c1ccc(OC)c(CN(C)C(C)(C)CC)c1. The van der Waals surface area contributed by atoms with E-state index in [9.17, 15) is 0 Å². The minimum atomic E-state index is 0.189. The summed E-state index contributed by atoms with van der Waals surface area (Å²) in [5.41, 5.74) is 2.76. The minimum absolute atomic E-state index is 0.189. The molecule has 0 fully saturated rings. The summed E-state index contributed by atoms with van der Waals surface area (Å²) >= 11 is 0. The van der Waals surface area contributed by atoms with E-state index in [-0.39, 0.29) is 5.54 Å². The first kappa shape index (κ1) is 18.0. The van der Waals surface area contributed by atoms with E-state index in [1.807, 2.05) is 0 Å². The number of hydrogen-bond donors (Lipinski definition) is 1. The van der Waals surface area contributed by atoms with Crippen LogP contribution in [0.4, 0.5) is 0 Å². The van der Waals surface area contributed by atoms with Gasteiger partial charge in [-0.15, -0.1) is 0 Å². The van der Waals surface area contributed by atoms with Crippen LogP contribution in [0.15, 0.2) is 18.2 Å². The average molecular weight is 292 g/mol. The van der Waals surface area contributed by atoms with Crippen molar-refractivity contribution in [1.29, 1.82) is 0 Å². The Bertz CT molecular complexity index is 443. The molecule has 1 unspecified atom stereocenters. The Morgan fingerprint density at radius 1 is 1.29 bits per heavy atom. The lowest BCUT2D eigenvalue weighted by Crippen LogP contribution is -2.39. The van der Waals surface area contributed by atoms with E-state index in [1.165, 1.54) is 11.1 Å². The van der Waals surface area contributed by atoms with Gasteiger partial charge in [0.2, 0.25) is 0 Å². The van der Waals surface area contributed by atoms with Crippen LogP contribution in [0.5, 0.6) is 5.75 Å². The summed E-state index contributed by atoms with van der Waals surface area (Å²) in [7, 11) is 3.93. The Balaban J connectivity index is 3.00. The van der Waals surface area contributed by atoms with Gasteiger partial charge in [-0.2, -0.15) is 0 Å². The standard InChI is InChI=1S/C18H32N2O/c1-8-18(4,5)20(6)13-16-12-15(14(3)19-9-2)10-11-17(16)21-7/h10-12,14,19H,8-9,13H2,1-7H3. The number of nitrogens with one attached hydrogen (secondary N) is 1. The first-order valence-corrected chi connectivity index (χ1v) is 7.97. The van der Waals surface area contributed by atoms with Gasteiger partial charge in [-0.05, 0) is 58.5 Å². The van der Waals surface area contributed by atoms with Gasteiger partial charge < -0.3 is 10.1 Å². The lowest BCUT2D eigenvalue weighted by atomic mass is 9.98. The van der Waals surface area contributed by atoms with Crippen LogP contribution in [-0.2, 0) is 6.54 Å². The molecular weight excluding hydrogens is 260 g/mol. The predicted molar refractivity (Wildman–Crippen MR) is 90.9 cm³/mol. The second-order valence-corrected chi connectivity index (χ2v) is 6.37. The van der Waals surface area contributed by atoms with Gasteiger partial charge in [0.05, 0.1) is 7.11 Å². The molecule has 1 N–H and O–H groups in total. The molecule has 3 heteroatoms. The highest BCUT2D eigenvalue weighted by atomic mass is 16.5. The van der Waals surface area contributed by atoms with Crippen molar-refractivity contribution in [3.63, 3.8) is 0 Å². The molecule has 0 saturated heterocycles. The Hall–Kier alpha value is -1.06. The van der Waals surface area contributed by atoms with Crippen molar-refractivity contribution in [2.75, 3.05) is 20.7 Å². The van der Waals surface area contributed by atoms with E-state index in [4.69, 9.17) is 4.74 Å². The highest BCUT2D eigenvalue weighted by Gasteiger charge is 2.22. The first-order chi connectivity index (χ1) is 9.85. The number of ether oxygens (including phenoxy) is 1. The Labute approximate surface area is 130 Å². The summed E-state index contributed by atoms with van der Waals surface area (Å²) in [5, 5.41) is 3.47. The van der Waals surface area contributed by atoms with Gasteiger partial charge in [0.15, 0.2) is 0 Å². The van der Waals surface area contributed by atoms with Crippen LogP contribution in [0.25, 0.3) is 0 Å². The molecule has 120 valence electrons. The quantitative estimate of drug-likeness (QED) is 0.784. The third-order valence-electron chi connectivity index (χ3n) is 4.62. The highest BCUT2D eigenvalue weighted by molar-refractivity contribution is 5.38. The zero-order valence-corrected chi connectivity index (χ0v) is 14.8. The van der Waals surface area contributed by atoms with Crippen LogP contribution >= 0.6 is 0 Å². The van der Waals surface area contributed by atoms with Gasteiger partial charge in [0, 0.05) is 23.7 Å². The monoisotopic (exact) mass is 292 g/mol. The number of rotatable bonds is 8. The second kappa shape index (κ2) is 7.81. The minimum Gasteiger partial charge on any atom is -0.496 e. The van der Waals surface area contributed by atoms with Crippen molar-refractivity contribution in [3.8, 4) is 5.75 Å². The summed E-state index contributed by atoms with van der Waals surface area (Å²) in [6, 6.07) is 6.88. The number of benzene rings is 1. The summed E-state index contributed by atoms with van der Waals surface area (Å²) in [6.45, 7) is 13.0. The highest BCUT2D eigenvalue weighted by Crippen LogP contribution is 2.27. The molecule has 0 aliphatic heterocycles. The van der Waals surface area contributed by atoms with Crippen molar-refractivity contribution in [2.24, 2.45) is 0 Å². The van der Waals surface area contributed by atoms with Crippen molar-refractivity contribution in [3.05, 3.63) is 29.3 Å². The lowest BCUT2D eigenvalue weighted by Gasteiger charge is -2.35.